The summed E-state index contributed by atoms with van der Waals surface area (Å²) in [6, 6.07) is 9.25. The number of nitrogens with zero attached hydrogens (tertiary/aromatic N) is 1. The predicted octanol–water partition coefficient (Wildman–Crippen LogP) is 4.81. The van der Waals surface area contributed by atoms with E-state index in [0.29, 0.717) is 11.4 Å². The Kier molecular flexibility index (Phi) is 5.33. The molecule has 2 aromatic rings. The highest BCUT2D eigenvalue weighted by Crippen LogP contribution is 2.32. The van der Waals surface area contributed by atoms with Gasteiger partial charge in [-0.25, -0.2) is 0 Å². The maximum Gasteiger partial charge on any atom is 0.270 e. The van der Waals surface area contributed by atoms with Crippen LogP contribution in [0.15, 0.2) is 36.4 Å². The number of carbonyl (C=O) groups is 1. The summed E-state index contributed by atoms with van der Waals surface area (Å²) in [7, 11) is 1.50. The Morgan fingerprint density at radius 2 is 1.88 bits per heavy atom. The van der Waals surface area contributed by atoms with Crippen LogP contribution in [0, 0.1) is 10.1 Å². The molecule has 0 bridgehead atoms. The fourth-order valence-electron chi connectivity index (χ4n) is 2.26. The Labute approximate surface area is 150 Å². The summed E-state index contributed by atoms with van der Waals surface area (Å²) in [5, 5.41) is 13.8. The summed E-state index contributed by atoms with van der Waals surface area (Å²) >= 11 is 6.02. The predicted molar refractivity (Wildman–Crippen MR) is 97.8 cm³/mol. The highest BCUT2D eigenvalue weighted by molar-refractivity contribution is 6.34. The summed E-state index contributed by atoms with van der Waals surface area (Å²) < 4.78 is 5.29. The fraction of sp³-hybridized carbons (Fsp3) is 0.278. The van der Waals surface area contributed by atoms with Gasteiger partial charge in [0.1, 0.15) is 5.75 Å². The normalized spacial score (nSPS) is 11.1. The molecular formula is C18H19ClN2O4. The lowest BCUT2D eigenvalue weighted by Crippen LogP contribution is -2.16. The first-order chi connectivity index (χ1) is 11.6. The summed E-state index contributed by atoms with van der Waals surface area (Å²) in [5.74, 6) is -0.0547. The lowest BCUT2D eigenvalue weighted by molar-refractivity contribution is -0.384. The number of non-ortho nitro benzene ring substituents is 1. The number of nitro groups is 1. The quantitative estimate of drug-likeness (QED) is 0.625. The van der Waals surface area contributed by atoms with Gasteiger partial charge in [0.25, 0.3) is 11.6 Å². The SMILES string of the molecule is COc1ccc(C(C)(C)C)cc1NC(=O)c1cc([N+](=O)[O-])ccc1Cl. The van der Waals surface area contributed by atoms with E-state index < -0.39 is 10.8 Å². The van der Waals surface area contributed by atoms with Gasteiger partial charge in [0.2, 0.25) is 0 Å². The minimum absolute atomic E-state index is 0.0269. The molecule has 7 heteroatoms. The fourth-order valence-corrected chi connectivity index (χ4v) is 2.47. The largest absolute Gasteiger partial charge is 0.495 e. The van der Waals surface area contributed by atoms with Crippen molar-refractivity contribution in [2.75, 3.05) is 12.4 Å². The van der Waals surface area contributed by atoms with E-state index in [4.69, 9.17) is 16.3 Å². The third kappa shape index (κ3) is 4.28. The van der Waals surface area contributed by atoms with E-state index in [0.717, 1.165) is 11.6 Å². The van der Waals surface area contributed by atoms with Crippen molar-refractivity contribution in [1.29, 1.82) is 0 Å². The van der Waals surface area contributed by atoms with Gasteiger partial charge < -0.3 is 10.1 Å². The zero-order valence-electron chi connectivity index (χ0n) is 14.4. The van der Waals surface area contributed by atoms with Crippen LogP contribution < -0.4 is 10.1 Å². The minimum atomic E-state index is -0.575. The van der Waals surface area contributed by atoms with Gasteiger partial charge >= 0.3 is 0 Å². The first-order valence-electron chi connectivity index (χ1n) is 7.57. The van der Waals surface area contributed by atoms with Crippen LogP contribution in [-0.2, 0) is 5.41 Å². The highest BCUT2D eigenvalue weighted by atomic mass is 35.5. The van der Waals surface area contributed by atoms with E-state index in [1.807, 2.05) is 12.1 Å². The Morgan fingerprint density at radius 1 is 1.20 bits per heavy atom. The van der Waals surface area contributed by atoms with Gasteiger partial charge in [0, 0.05) is 12.1 Å². The maximum atomic E-state index is 12.6. The molecule has 0 heterocycles. The molecule has 0 radical (unpaired) electrons. The van der Waals surface area contributed by atoms with Crippen LogP contribution in [-0.4, -0.2) is 17.9 Å². The van der Waals surface area contributed by atoms with Crippen molar-refractivity contribution in [2.24, 2.45) is 0 Å². The summed E-state index contributed by atoms with van der Waals surface area (Å²) in [6.45, 7) is 6.16. The van der Waals surface area contributed by atoms with Gasteiger partial charge in [-0.15, -0.1) is 0 Å². The van der Waals surface area contributed by atoms with E-state index >= 15 is 0 Å². The first-order valence-corrected chi connectivity index (χ1v) is 7.95. The van der Waals surface area contributed by atoms with Crippen LogP contribution >= 0.6 is 11.6 Å². The number of nitrogens with one attached hydrogen (secondary N) is 1. The second kappa shape index (κ2) is 7.11. The molecule has 0 saturated carbocycles. The molecule has 132 valence electrons. The standard InChI is InChI=1S/C18H19ClN2O4/c1-18(2,3)11-5-8-16(25-4)15(9-11)20-17(22)13-10-12(21(23)24)6-7-14(13)19/h5-10H,1-4H3,(H,20,22). The topological polar surface area (TPSA) is 81.5 Å². The molecule has 0 atom stereocenters. The summed E-state index contributed by atoms with van der Waals surface area (Å²) in [5.41, 5.74) is 1.19. The van der Waals surface area contributed by atoms with Gasteiger partial charge in [-0.1, -0.05) is 38.4 Å². The number of halogens is 1. The molecule has 25 heavy (non-hydrogen) atoms. The number of benzene rings is 2. The second-order valence-corrected chi connectivity index (χ2v) is 6.95. The third-order valence-electron chi connectivity index (χ3n) is 3.72. The molecular weight excluding hydrogens is 344 g/mol. The smallest absolute Gasteiger partial charge is 0.270 e. The second-order valence-electron chi connectivity index (χ2n) is 6.54. The summed E-state index contributed by atoms with van der Waals surface area (Å²) in [6.07, 6.45) is 0. The number of amides is 1. The summed E-state index contributed by atoms with van der Waals surface area (Å²) in [4.78, 5) is 22.9. The van der Waals surface area contributed by atoms with Crippen molar-refractivity contribution >= 4 is 28.9 Å². The van der Waals surface area contributed by atoms with Gasteiger partial charge in [0.05, 0.1) is 28.3 Å². The third-order valence-corrected chi connectivity index (χ3v) is 4.05. The molecule has 0 aliphatic rings. The number of carbonyl (C=O) groups excluding carboxylic acids is 1. The van der Waals surface area contributed by atoms with Crippen molar-refractivity contribution in [3.8, 4) is 5.75 Å². The number of anilines is 1. The average Bonchev–Trinajstić information content (AvgIpc) is 2.54. The Balaban J connectivity index is 2.41. The van der Waals surface area contributed by atoms with Crippen LogP contribution in [0.2, 0.25) is 5.02 Å². The lowest BCUT2D eigenvalue weighted by Gasteiger charge is -2.21. The zero-order valence-corrected chi connectivity index (χ0v) is 15.2. The molecule has 0 aromatic heterocycles. The molecule has 2 aromatic carbocycles. The van der Waals surface area contributed by atoms with E-state index in [1.54, 1.807) is 6.07 Å². The Bertz CT molecular complexity index is 828. The number of hydrogen-bond donors (Lipinski definition) is 1. The number of hydrogen-bond acceptors (Lipinski definition) is 4. The van der Waals surface area contributed by atoms with Crippen molar-refractivity contribution in [1.82, 2.24) is 0 Å². The van der Waals surface area contributed by atoms with Gasteiger partial charge in [-0.05, 0) is 29.2 Å². The lowest BCUT2D eigenvalue weighted by atomic mass is 9.87. The van der Waals surface area contributed by atoms with Gasteiger partial charge in [-0.3, -0.25) is 14.9 Å². The van der Waals surface area contributed by atoms with Crippen molar-refractivity contribution in [2.45, 2.75) is 26.2 Å². The van der Waals surface area contributed by atoms with Crippen molar-refractivity contribution < 1.29 is 14.5 Å². The van der Waals surface area contributed by atoms with Gasteiger partial charge in [-0.2, -0.15) is 0 Å². The molecule has 0 fully saturated rings. The molecule has 1 N–H and O–H groups in total. The molecule has 0 aliphatic heterocycles. The average molecular weight is 363 g/mol. The number of methoxy groups -OCH3 is 1. The maximum absolute atomic E-state index is 12.6. The molecule has 0 aliphatic carbocycles. The van der Waals surface area contributed by atoms with Gasteiger partial charge in [0.15, 0.2) is 0 Å². The molecule has 6 nitrogen and oxygen atoms in total. The van der Waals surface area contributed by atoms with Crippen LogP contribution in [0.1, 0.15) is 36.7 Å². The highest BCUT2D eigenvalue weighted by Gasteiger charge is 2.20. The van der Waals surface area contributed by atoms with Crippen LogP contribution in [0.3, 0.4) is 0 Å². The Hall–Kier alpha value is -2.60. The van der Waals surface area contributed by atoms with E-state index in [9.17, 15) is 14.9 Å². The van der Waals surface area contributed by atoms with E-state index in [1.165, 1.54) is 19.2 Å². The first kappa shape index (κ1) is 18.7. The van der Waals surface area contributed by atoms with E-state index in [2.05, 4.69) is 26.1 Å². The van der Waals surface area contributed by atoms with Crippen molar-refractivity contribution in [3.05, 3.63) is 62.7 Å². The minimum Gasteiger partial charge on any atom is -0.495 e. The van der Waals surface area contributed by atoms with Crippen LogP contribution in [0.5, 0.6) is 5.75 Å². The molecule has 2 rings (SSSR count). The monoisotopic (exact) mass is 362 g/mol. The molecule has 0 spiro atoms. The zero-order chi connectivity index (χ0) is 18.8. The van der Waals surface area contributed by atoms with Crippen molar-refractivity contribution in [3.63, 3.8) is 0 Å². The molecule has 0 saturated heterocycles. The number of nitro benzene ring substituents is 1. The van der Waals surface area contributed by atoms with Crippen LogP contribution in [0.4, 0.5) is 11.4 Å². The molecule has 0 unspecified atom stereocenters. The number of ether oxygens (including phenoxy) is 1. The molecule has 1 amide bonds. The van der Waals surface area contributed by atoms with Crippen LogP contribution in [0.25, 0.3) is 0 Å². The van der Waals surface area contributed by atoms with E-state index in [-0.39, 0.29) is 21.7 Å². The Morgan fingerprint density at radius 3 is 2.44 bits per heavy atom. The number of rotatable bonds is 4.